The summed E-state index contributed by atoms with van der Waals surface area (Å²) in [7, 11) is 1.50. The van der Waals surface area contributed by atoms with Gasteiger partial charge >= 0.3 is 12.1 Å². The molecule has 1 amide bonds. The first-order valence-corrected chi connectivity index (χ1v) is 8.83. The summed E-state index contributed by atoms with van der Waals surface area (Å²) in [5, 5.41) is 13.2. The number of hydrogen-bond donors (Lipinski definition) is 1. The number of hydrogen-bond acceptors (Lipinski definition) is 3. The van der Waals surface area contributed by atoms with Crippen LogP contribution in [0, 0.1) is 5.92 Å². The number of aliphatic carboxylic acids is 1. The predicted octanol–water partition coefficient (Wildman–Crippen LogP) is 3.56. The minimum absolute atomic E-state index is 0.0208. The molecule has 0 spiro atoms. The molecular weight excluding hydrogens is 375 g/mol. The maximum Gasteiger partial charge on any atom is 0.416 e. The van der Waals surface area contributed by atoms with Crippen molar-refractivity contribution in [1.82, 2.24) is 14.7 Å². The smallest absolute Gasteiger partial charge is 0.416 e. The van der Waals surface area contributed by atoms with Gasteiger partial charge in [-0.15, -0.1) is 0 Å². The summed E-state index contributed by atoms with van der Waals surface area (Å²) in [6, 6.07) is 4.80. The lowest BCUT2D eigenvalue weighted by Crippen LogP contribution is -2.34. The van der Waals surface area contributed by atoms with Gasteiger partial charge in [0.15, 0.2) is 0 Å². The van der Waals surface area contributed by atoms with Crippen LogP contribution in [0.2, 0.25) is 0 Å². The Bertz CT molecular complexity index is 903. The van der Waals surface area contributed by atoms with Crippen LogP contribution in [0.4, 0.5) is 13.2 Å². The number of benzene rings is 1. The van der Waals surface area contributed by atoms with E-state index in [-0.39, 0.29) is 18.2 Å². The monoisotopic (exact) mass is 395 g/mol. The molecule has 9 heteroatoms. The summed E-state index contributed by atoms with van der Waals surface area (Å²) in [5.74, 6) is -2.10. The summed E-state index contributed by atoms with van der Waals surface area (Å²) in [6.07, 6.45) is -1.49. The normalized spacial score (nSPS) is 15.3. The lowest BCUT2D eigenvalue weighted by Gasteiger charge is -2.20. The van der Waals surface area contributed by atoms with Gasteiger partial charge in [0.25, 0.3) is 5.91 Å². The molecule has 1 saturated carbocycles. The van der Waals surface area contributed by atoms with E-state index < -0.39 is 29.5 Å². The summed E-state index contributed by atoms with van der Waals surface area (Å²) in [6.45, 7) is 1.52. The maximum absolute atomic E-state index is 13.0. The van der Waals surface area contributed by atoms with Gasteiger partial charge in [-0.2, -0.15) is 18.3 Å². The SMILES string of the molecule is CC(CN(C)C(=O)c1cnn(-c2cccc(C(F)(F)F)c2)c1C1CC1)C(=O)O. The number of carboxylic acid groups (broad SMARTS) is 1. The molecule has 3 rings (SSSR count). The van der Waals surface area contributed by atoms with Crippen molar-refractivity contribution in [2.75, 3.05) is 13.6 Å². The second-order valence-electron chi connectivity index (χ2n) is 7.10. The lowest BCUT2D eigenvalue weighted by atomic mass is 10.1. The molecule has 1 aliphatic carbocycles. The topological polar surface area (TPSA) is 75.4 Å². The van der Waals surface area contributed by atoms with Gasteiger partial charge in [-0.1, -0.05) is 13.0 Å². The molecule has 1 fully saturated rings. The molecule has 1 unspecified atom stereocenters. The average Bonchev–Trinajstić information content (AvgIpc) is 3.38. The van der Waals surface area contributed by atoms with Crippen molar-refractivity contribution in [3.63, 3.8) is 0 Å². The van der Waals surface area contributed by atoms with Gasteiger partial charge in [0.05, 0.1) is 34.6 Å². The first-order valence-electron chi connectivity index (χ1n) is 8.83. The van der Waals surface area contributed by atoms with Crippen molar-refractivity contribution in [1.29, 1.82) is 0 Å². The molecule has 1 atom stereocenters. The minimum Gasteiger partial charge on any atom is -0.481 e. The predicted molar refractivity (Wildman–Crippen MR) is 94.3 cm³/mol. The summed E-state index contributed by atoms with van der Waals surface area (Å²) in [5.41, 5.74) is 0.305. The maximum atomic E-state index is 13.0. The fourth-order valence-corrected chi connectivity index (χ4v) is 3.07. The van der Waals surface area contributed by atoms with Gasteiger partial charge in [-0.05, 0) is 31.0 Å². The Kier molecular flexibility index (Phi) is 5.18. The number of carbonyl (C=O) groups is 2. The van der Waals surface area contributed by atoms with E-state index in [9.17, 15) is 22.8 Å². The molecule has 1 aromatic carbocycles. The van der Waals surface area contributed by atoms with Crippen molar-refractivity contribution in [3.8, 4) is 5.69 Å². The summed E-state index contributed by atoms with van der Waals surface area (Å²) >= 11 is 0. The second kappa shape index (κ2) is 7.29. The lowest BCUT2D eigenvalue weighted by molar-refractivity contribution is -0.141. The van der Waals surface area contributed by atoms with Gasteiger partial charge < -0.3 is 10.0 Å². The highest BCUT2D eigenvalue weighted by molar-refractivity contribution is 5.95. The highest BCUT2D eigenvalue weighted by Crippen LogP contribution is 2.43. The van der Waals surface area contributed by atoms with Gasteiger partial charge in [0.2, 0.25) is 0 Å². The Morgan fingerprint density at radius 3 is 2.61 bits per heavy atom. The second-order valence-corrected chi connectivity index (χ2v) is 7.10. The molecular formula is C19H20F3N3O3. The number of amides is 1. The fourth-order valence-electron chi connectivity index (χ4n) is 3.07. The van der Waals surface area contributed by atoms with E-state index in [0.717, 1.165) is 25.0 Å². The molecule has 1 aliphatic rings. The van der Waals surface area contributed by atoms with Crippen LogP contribution in [-0.2, 0) is 11.0 Å². The molecule has 1 N–H and O–H groups in total. The molecule has 6 nitrogen and oxygen atoms in total. The molecule has 2 aromatic rings. The quantitative estimate of drug-likeness (QED) is 0.812. The van der Waals surface area contributed by atoms with Crippen molar-refractivity contribution in [2.45, 2.75) is 31.9 Å². The zero-order valence-corrected chi connectivity index (χ0v) is 15.4. The first-order chi connectivity index (χ1) is 13.1. The summed E-state index contributed by atoms with van der Waals surface area (Å²) in [4.78, 5) is 25.2. The van der Waals surface area contributed by atoms with Crippen LogP contribution in [0.1, 0.15) is 47.3 Å². The summed E-state index contributed by atoms with van der Waals surface area (Å²) < 4.78 is 40.5. The van der Waals surface area contributed by atoms with Crippen molar-refractivity contribution < 1.29 is 27.9 Å². The standard InChI is InChI=1S/C19H20F3N3O3/c1-11(18(27)28)10-24(2)17(26)15-9-23-25(16(15)12-6-7-12)14-5-3-4-13(8-14)19(20,21)22/h3-5,8-9,11-12H,6-7,10H2,1-2H3,(H,27,28). The van der Waals surface area contributed by atoms with E-state index in [1.54, 1.807) is 0 Å². The Morgan fingerprint density at radius 2 is 2.04 bits per heavy atom. The van der Waals surface area contributed by atoms with Crippen molar-refractivity contribution >= 4 is 11.9 Å². The van der Waals surface area contributed by atoms with Crippen LogP contribution in [0.25, 0.3) is 5.69 Å². The van der Waals surface area contributed by atoms with E-state index >= 15 is 0 Å². The zero-order valence-electron chi connectivity index (χ0n) is 15.4. The van der Waals surface area contributed by atoms with E-state index in [1.807, 2.05) is 0 Å². The Hall–Kier alpha value is -2.84. The molecule has 1 aromatic heterocycles. The largest absolute Gasteiger partial charge is 0.481 e. The molecule has 0 saturated heterocycles. The number of aromatic nitrogens is 2. The highest BCUT2D eigenvalue weighted by Gasteiger charge is 2.35. The third kappa shape index (κ3) is 4.02. The number of carbonyl (C=O) groups excluding carboxylic acids is 1. The van der Waals surface area contributed by atoms with E-state index in [1.165, 1.54) is 41.9 Å². The van der Waals surface area contributed by atoms with Crippen LogP contribution in [0.15, 0.2) is 30.5 Å². The van der Waals surface area contributed by atoms with Gasteiger partial charge in [0, 0.05) is 19.5 Å². The number of halogens is 3. The number of rotatable bonds is 6. The number of nitrogens with zero attached hydrogens (tertiary/aromatic N) is 3. The van der Waals surface area contributed by atoms with Crippen molar-refractivity contribution in [2.24, 2.45) is 5.92 Å². The van der Waals surface area contributed by atoms with Gasteiger partial charge in [0.1, 0.15) is 0 Å². The van der Waals surface area contributed by atoms with E-state index in [0.29, 0.717) is 11.3 Å². The Balaban J connectivity index is 1.95. The molecule has 0 radical (unpaired) electrons. The molecule has 1 heterocycles. The fraction of sp³-hybridized carbons (Fsp3) is 0.421. The molecule has 150 valence electrons. The van der Waals surface area contributed by atoms with Crippen LogP contribution in [0.3, 0.4) is 0 Å². The number of alkyl halides is 3. The van der Waals surface area contributed by atoms with Crippen molar-refractivity contribution in [3.05, 3.63) is 47.3 Å². The first kappa shape index (κ1) is 19.9. The van der Waals surface area contributed by atoms with Crippen LogP contribution >= 0.6 is 0 Å². The highest BCUT2D eigenvalue weighted by atomic mass is 19.4. The van der Waals surface area contributed by atoms with Crippen LogP contribution in [-0.4, -0.2) is 45.3 Å². The van der Waals surface area contributed by atoms with E-state index in [4.69, 9.17) is 5.11 Å². The third-order valence-corrected chi connectivity index (χ3v) is 4.73. The third-order valence-electron chi connectivity index (χ3n) is 4.73. The Labute approximate surface area is 159 Å². The number of carboxylic acids is 1. The molecule has 0 bridgehead atoms. The van der Waals surface area contributed by atoms with Crippen LogP contribution < -0.4 is 0 Å². The van der Waals surface area contributed by atoms with Crippen LogP contribution in [0.5, 0.6) is 0 Å². The molecule has 28 heavy (non-hydrogen) atoms. The zero-order chi connectivity index (χ0) is 20.6. The average molecular weight is 395 g/mol. The van der Waals surface area contributed by atoms with Gasteiger partial charge in [-0.3, -0.25) is 9.59 Å². The van der Waals surface area contributed by atoms with E-state index in [2.05, 4.69) is 5.10 Å². The molecule has 0 aliphatic heterocycles. The minimum atomic E-state index is -4.48. The Morgan fingerprint density at radius 1 is 1.36 bits per heavy atom. The van der Waals surface area contributed by atoms with Gasteiger partial charge in [-0.25, -0.2) is 4.68 Å².